The average molecular weight is 347 g/mol. The molecule has 2 fully saturated rings. The molecule has 1 aromatic heterocycles. The second-order valence-electron chi connectivity index (χ2n) is 6.66. The van der Waals surface area contributed by atoms with Gasteiger partial charge < -0.3 is 9.47 Å². The average Bonchev–Trinajstić information content (AvgIpc) is 3.37. The quantitative estimate of drug-likeness (QED) is 0.500. The Balaban J connectivity index is 1.71. The van der Waals surface area contributed by atoms with Gasteiger partial charge in [-0.15, -0.1) is 0 Å². The summed E-state index contributed by atoms with van der Waals surface area (Å²) < 4.78 is 2.90. The van der Waals surface area contributed by atoms with E-state index in [1.54, 1.807) is 6.08 Å². The van der Waals surface area contributed by atoms with Gasteiger partial charge in [-0.2, -0.15) is 5.10 Å². The highest BCUT2D eigenvalue weighted by atomic mass is 32.1. The molecule has 1 aromatic rings. The first-order valence-electron chi connectivity index (χ1n) is 8.93. The lowest BCUT2D eigenvalue weighted by Gasteiger charge is -2.31. The van der Waals surface area contributed by atoms with Crippen LogP contribution < -0.4 is 0 Å². The van der Waals surface area contributed by atoms with E-state index in [1.165, 1.54) is 18.4 Å². The van der Waals surface area contributed by atoms with Gasteiger partial charge in [0, 0.05) is 31.1 Å². The Morgan fingerprint density at radius 3 is 2.83 bits per heavy atom. The summed E-state index contributed by atoms with van der Waals surface area (Å²) >= 11 is 5.38. The number of carbonyl (C=O) groups excluding carboxylic acids is 1. The van der Waals surface area contributed by atoms with Gasteiger partial charge in [-0.05, 0) is 51.2 Å². The van der Waals surface area contributed by atoms with E-state index in [9.17, 15) is 4.79 Å². The number of likely N-dealkylation sites (tertiary alicyclic amines) is 1. The number of allylic oxidation sites excluding steroid dienone is 3. The molecule has 130 valence electrons. The molecular formula is C18H26N4OS. The highest BCUT2D eigenvalue weighted by molar-refractivity contribution is 7.71. The fourth-order valence-corrected chi connectivity index (χ4v) is 3.67. The summed E-state index contributed by atoms with van der Waals surface area (Å²) in [5.74, 6) is 1.41. The van der Waals surface area contributed by atoms with Gasteiger partial charge in [-0.1, -0.05) is 24.6 Å². The molecule has 1 amide bonds. The number of rotatable bonds is 5. The zero-order chi connectivity index (χ0) is 17.1. The molecule has 0 bridgehead atoms. The topological polar surface area (TPSA) is 53.9 Å². The number of amides is 1. The summed E-state index contributed by atoms with van der Waals surface area (Å²) in [6, 6.07) is 0.513. The van der Waals surface area contributed by atoms with E-state index in [2.05, 4.69) is 27.8 Å². The van der Waals surface area contributed by atoms with Gasteiger partial charge >= 0.3 is 0 Å². The van der Waals surface area contributed by atoms with Crippen LogP contribution in [-0.4, -0.2) is 38.7 Å². The van der Waals surface area contributed by atoms with Crippen molar-refractivity contribution in [2.24, 2.45) is 0 Å². The van der Waals surface area contributed by atoms with Gasteiger partial charge in [0.15, 0.2) is 4.77 Å². The summed E-state index contributed by atoms with van der Waals surface area (Å²) in [5, 5.41) is 7.42. The summed E-state index contributed by atoms with van der Waals surface area (Å²) in [7, 11) is 0. The Kier molecular flexibility index (Phi) is 5.33. The second-order valence-corrected chi connectivity index (χ2v) is 7.05. The van der Waals surface area contributed by atoms with Crippen LogP contribution in [-0.2, 0) is 4.79 Å². The van der Waals surface area contributed by atoms with E-state index in [0.29, 0.717) is 6.04 Å². The van der Waals surface area contributed by atoms with Crippen molar-refractivity contribution in [3.8, 4) is 0 Å². The van der Waals surface area contributed by atoms with Gasteiger partial charge in [0.2, 0.25) is 5.91 Å². The Morgan fingerprint density at radius 2 is 2.17 bits per heavy atom. The molecule has 6 heteroatoms. The van der Waals surface area contributed by atoms with Crippen molar-refractivity contribution >= 4 is 18.1 Å². The van der Waals surface area contributed by atoms with Crippen LogP contribution in [0.5, 0.6) is 0 Å². The van der Waals surface area contributed by atoms with E-state index in [0.717, 1.165) is 42.9 Å². The van der Waals surface area contributed by atoms with Crippen molar-refractivity contribution in [3.63, 3.8) is 0 Å². The number of aromatic nitrogens is 3. The van der Waals surface area contributed by atoms with Crippen molar-refractivity contribution < 1.29 is 4.79 Å². The van der Waals surface area contributed by atoms with Crippen LogP contribution >= 0.6 is 12.2 Å². The molecule has 1 aliphatic carbocycles. The molecule has 1 saturated heterocycles. The van der Waals surface area contributed by atoms with E-state index >= 15 is 0 Å². The van der Waals surface area contributed by atoms with Crippen molar-refractivity contribution in [3.05, 3.63) is 34.4 Å². The van der Waals surface area contributed by atoms with E-state index in [1.807, 2.05) is 17.9 Å². The lowest BCUT2D eigenvalue weighted by molar-refractivity contribution is -0.127. The van der Waals surface area contributed by atoms with Gasteiger partial charge in [0.05, 0.1) is 0 Å². The molecule has 1 saturated carbocycles. The number of nitrogens with zero attached hydrogens (tertiary/aromatic N) is 3. The van der Waals surface area contributed by atoms with E-state index < -0.39 is 0 Å². The first-order chi connectivity index (χ1) is 11.6. The molecule has 24 heavy (non-hydrogen) atoms. The molecule has 2 aliphatic rings. The Morgan fingerprint density at radius 1 is 1.38 bits per heavy atom. The first kappa shape index (κ1) is 17.1. The summed E-state index contributed by atoms with van der Waals surface area (Å²) in [6.07, 6.45) is 11.1. The first-order valence-corrected chi connectivity index (χ1v) is 9.33. The number of H-pyrrole nitrogens is 1. The summed E-state index contributed by atoms with van der Waals surface area (Å²) in [4.78, 5) is 14.5. The van der Waals surface area contributed by atoms with Gasteiger partial charge in [-0.3, -0.25) is 9.89 Å². The van der Waals surface area contributed by atoms with Crippen LogP contribution in [0, 0.1) is 4.77 Å². The summed E-state index contributed by atoms with van der Waals surface area (Å²) in [6.45, 7) is 5.66. The maximum Gasteiger partial charge on any atom is 0.246 e. The lowest BCUT2D eigenvalue weighted by atomic mass is 9.97. The molecule has 1 atom stereocenters. The molecule has 0 radical (unpaired) electrons. The van der Waals surface area contributed by atoms with Crippen molar-refractivity contribution in [1.29, 1.82) is 0 Å². The monoisotopic (exact) mass is 346 g/mol. The minimum atomic E-state index is 0.0969. The minimum Gasteiger partial charge on any atom is -0.338 e. The highest BCUT2D eigenvalue weighted by Gasteiger charge is 2.32. The molecular weight excluding hydrogens is 320 g/mol. The van der Waals surface area contributed by atoms with Crippen molar-refractivity contribution in [2.45, 2.75) is 57.9 Å². The number of piperidine rings is 1. The van der Waals surface area contributed by atoms with Gasteiger partial charge in [0.25, 0.3) is 0 Å². The van der Waals surface area contributed by atoms with Crippen LogP contribution in [0.25, 0.3) is 0 Å². The van der Waals surface area contributed by atoms with Crippen LogP contribution in [0.2, 0.25) is 0 Å². The smallest absolute Gasteiger partial charge is 0.246 e. The maximum atomic E-state index is 12.5. The maximum absolute atomic E-state index is 12.5. The third-order valence-electron chi connectivity index (χ3n) is 4.96. The minimum absolute atomic E-state index is 0.0969. The molecule has 3 rings (SSSR count). The Bertz CT molecular complexity index is 711. The molecule has 0 aromatic carbocycles. The fourth-order valence-electron chi connectivity index (χ4n) is 3.38. The van der Waals surface area contributed by atoms with Crippen LogP contribution in [0.3, 0.4) is 0 Å². The highest BCUT2D eigenvalue weighted by Crippen LogP contribution is 2.38. The zero-order valence-corrected chi connectivity index (χ0v) is 15.3. The molecule has 5 nitrogen and oxygen atoms in total. The van der Waals surface area contributed by atoms with E-state index in [4.69, 9.17) is 12.2 Å². The zero-order valence-electron chi connectivity index (χ0n) is 14.5. The number of carbonyl (C=O) groups is 1. The number of hydrogen-bond acceptors (Lipinski definition) is 3. The predicted molar refractivity (Wildman–Crippen MR) is 97.4 cm³/mol. The molecule has 1 N–H and O–H groups in total. The standard InChI is InChI=1S/C18H26N4OS/c1-3-13(4-2)7-10-16(23)21-11-5-6-14(12-21)17-19-20-18(24)22(17)15-8-9-15/h3,7,10,14-15H,4-6,8-9,11-12H2,1-2H3,(H,20,24)/b10-7+,13-3-. The van der Waals surface area contributed by atoms with Gasteiger partial charge in [0.1, 0.15) is 5.82 Å². The third-order valence-corrected chi connectivity index (χ3v) is 5.25. The van der Waals surface area contributed by atoms with Crippen LogP contribution in [0.1, 0.15) is 63.7 Å². The summed E-state index contributed by atoms with van der Waals surface area (Å²) in [5.41, 5.74) is 1.19. The van der Waals surface area contributed by atoms with Crippen molar-refractivity contribution in [2.75, 3.05) is 13.1 Å². The Hall–Kier alpha value is -1.69. The SMILES string of the molecule is C/C=C(\C=C\C(=O)N1CCCC(c2n[nH]c(=S)n2C2CC2)C1)CC. The number of nitrogens with one attached hydrogen (secondary N) is 1. The largest absolute Gasteiger partial charge is 0.338 e. The number of aromatic amines is 1. The molecule has 2 heterocycles. The van der Waals surface area contributed by atoms with Crippen molar-refractivity contribution in [1.82, 2.24) is 19.7 Å². The second kappa shape index (κ2) is 7.47. The normalized spacial score (nSPS) is 22.3. The Labute approximate surface area is 148 Å². The molecule has 1 unspecified atom stereocenters. The van der Waals surface area contributed by atoms with Gasteiger partial charge in [-0.25, -0.2) is 0 Å². The fraction of sp³-hybridized carbons (Fsp3) is 0.611. The number of hydrogen-bond donors (Lipinski definition) is 1. The van der Waals surface area contributed by atoms with Crippen LogP contribution in [0.15, 0.2) is 23.8 Å². The van der Waals surface area contributed by atoms with Crippen LogP contribution in [0.4, 0.5) is 0 Å². The predicted octanol–water partition coefficient (Wildman–Crippen LogP) is 3.89. The molecule has 0 spiro atoms. The third kappa shape index (κ3) is 3.69. The lowest BCUT2D eigenvalue weighted by Crippen LogP contribution is -2.39. The van der Waals surface area contributed by atoms with E-state index in [-0.39, 0.29) is 11.8 Å². The molecule has 1 aliphatic heterocycles.